The summed E-state index contributed by atoms with van der Waals surface area (Å²) in [6, 6.07) is 3.94. The predicted molar refractivity (Wildman–Crippen MR) is 69.7 cm³/mol. The zero-order chi connectivity index (χ0) is 12.6. The summed E-state index contributed by atoms with van der Waals surface area (Å²) in [6.45, 7) is 6.13. The SMILES string of the molecule is CC1OB(c2ccnc(N(C)C)c2)OC1(C)C. The maximum absolute atomic E-state index is 5.91. The third-order valence-corrected chi connectivity index (χ3v) is 3.22. The molecule has 1 aliphatic rings. The number of hydrogen-bond acceptors (Lipinski definition) is 4. The van der Waals surface area contributed by atoms with Gasteiger partial charge in [-0.3, -0.25) is 0 Å². The van der Waals surface area contributed by atoms with Crippen LogP contribution in [0.1, 0.15) is 20.8 Å². The van der Waals surface area contributed by atoms with E-state index in [-0.39, 0.29) is 18.8 Å². The van der Waals surface area contributed by atoms with Gasteiger partial charge in [0.2, 0.25) is 0 Å². The molecular formula is C12H19BN2O2. The van der Waals surface area contributed by atoms with E-state index in [1.807, 2.05) is 51.9 Å². The summed E-state index contributed by atoms with van der Waals surface area (Å²) in [5, 5.41) is 0. The lowest BCUT2D eigenvalue weighted by molar-refractivity contribution is 0.0842. The molecule has 1 saturated heterocycles. The molecule has 17 heavy (non-hydrogen) atoms. The highest BCUT2D eigenvalue weighted by Gasteiger charge is 2.43. The molecule has 1 aromatic heterocycles. The van der Waals surface area contributed by atoms with Crippen LogP contribution in [-0.2, 0) is 9.31 Å². The van der Waals surface area contributed by atoms with Gasteiger partial charge in [-0.25, -0.2) is 4.98 Å². The average Bonchev–Trinajstić information content (AvgIpc) is 2.54. The van der Waals surface area contributed by atoms with Crippen molar-refractivity contribution in [2.24, 2.45) is 0 Å². The molecule has 1 aliphatic heterocycles. The molecule has 5 heteroatoms. The van der Waals surface area contributed by atoms with Crippen LogP contribution in [0, 0.1) is 0 Å². The molecule has 92 valence electrons. The molecule has 4 nitrogen and oxygen atoms in total. The molecule has 1 unspecified atom stereocenters. The highest BCUT2D eigenvalue weighted by atomic mass is 16.7. The summed E-state index contributed by atoms with van der Waals surface area (Å²) in [7, 11) is 3.64. The molecule has 0 bridgehead atoms. The minimum atomic E-state index is -0.290. The van der Waals surface area contributed by atoms with Crippen molar-refractivity contribution < 1.29 is 9.31 Å². The van der Waals surface area contributed by atoms with Gasteiger partial charge in [-0.1, -0.05) is 0 Å². The van der Waals surface area contributed by atoms with Crippen molar-refractivity contribution >= 4 is 18.4 Å². The predicted octanol–water partition coefficient (Wildman–Crippen LogP) is 1.06. The molecule has 0 amide bonds. The lowest BCUT2D eigenvalue weighted by atomic mass is 9.80. The van der Waals surface area contributed by atoms with Crippen LogP contribution in [0.4, 0.5) is 5.82 Å². The molecule has 1 aromatic rings. The number of rotatable bonds is 2. The van der Waals surface area contributed by atoms with Gasteiger partial charge in [0.1, 0.15) is 5.82 Å². The quantitative estimate of drug-likeness (QED) is 0.716. The van der Waals surface area contributed by atoms with Gasteiger partial charge < -0.3 is 14.2 Å². The maximum Gasteiger partial charge on any atom is 0.494 e. The van der Waals surface area contributed by atoms with Crippen molar-refractivity contribution in [2.75, 3.05) is 19.0 Å². The topological polar surface area (TPSA) is 34.6 Å². The van der Waals surface area contributed by atoms with Gasteiger partial charge in [-0.05, 0) is 38.4 Å². The Labute approximate surface area is 103 Å². The first-order valence-corrected chi connectivity index (χ1v) is 5.87. The van der Waals surface area contributed by atoms with Crippen molar-refractivity contribution in [1.29, 1.82) is 0 Å². The van der Waals surface area contributed by atoms with Gasteiger partial charge in [0.05, 0.1) is 11.7 Å². The van der Waals surface area contributed by atoms with E-state index in [9.17, 15) is 0 Å². The highest BCUT2D eigenvalue weighted by molar-refractivity contribution is 6.62. The Morgan fingerprint density at radius 1 is 1.41 bits per heavy atom. The van der Waals surface area contributed by atoms with E-state index >= 15 is 0 Å². The van der Waals surface area contributed by atoms with Crippen LogP contribution in [0.25, 0.3) is 0 Å². The van der Waals surface area contributed by atoms with Gasteiger partial charge in [0.15, 0.2) is 0 Å². The normalized spacial score (nSPS) is 22.9. The molecule has 0 saturated carbocycles. The van der Waals surface area contributed by atoms with Crippen molar-refractivity contribution in [1.82, 2.24) is 4.98 Å². The van der Waals surface area contributed by atoms with Crippen LogP contribution in [0.5, 0.6) is 0 Å². The maximum atomic E-state index is 5.91. The van der Waals surface area contributed by atoms with Crippen LogP contribution in [-0.4, -0.2) is 37.9 Å². The Kier molecular flexibility index (Phi) is 3.14. The van der Waals surface area contributed by atoms with Crippen LogP contribution in [0.3, 0.4) is 0 Å². The van der Waals surface area contributed by atoms with E-state index < -0.39 is 0 Å². The minimum absolute atomic E-state index is 0.0865. The van der Waals surface area contributed by atoms with Crippen LogP contribution >= 0.6 is 0 Å². The van der Waals surface area contributed by atoms with Gasteiger partial charge in [0.25, 0.3) is 0 Å². The summed E-state index contributed by atoms with van der Waals surface area (Å²) in [5.41, 5.74) is 0.771. The van der Waals surface area contributed by atoms with Crippen molar-refractivity contribution in [3.05, 3.63) is 18.3 Å². The van der Waals surface area contributed by atoms with Crippen LogP contribution in [0.15, 0.2) is 18.3 Å². The first-order chi connectivity index (χ1) is 7.90. The minimum Gasteiger partial charge on any atom is -0.402 e. The third kappa shape index (κ3) is 2.45. The van der Waals surface area contributed by atoms with Gasteiger partial charge in [-0.15, -0.1) is 0 Å². The average molecular weight is 234 g/mol. The summed E-state index contributed by atoms with van der Waals surface area (Å²) in [4.78, 5) is 6.25. The number of anilines is 1. The number of nitrogens with zero attached hydrogens (tertiary/aromatic N) is 2. The van der Waals surface area contributed by atoms with E-state index in [1.54, 1.807) is 6.20 Å². The zero-order valence-electron chi connectivity index (χ0n) is 11.1. The third-order valence-electron chi connectivity index (χ3n) is 3.22. The molecule has 0 aromatic carbocycles. The zero-order valence-corrected chi connectivity index (χ0v) is 11.1. The van der Waals surface area contributed by atoms with E-state index in [0.717, 1.165) is 11.3 Å². The largest absolute Gasteiger partial charge is 0.494 e. The van der Waals surface area contributed by atoms with E-state index in [2.05, 4.69) is 4.98 Å². The lowest BCUT2D eigenvalue weighted by Crippen LogP contribution is -2.35. The van der Waals surface area contributed by atoms with Crippen LogP contribution in [0.2, 0.25) is 0 Å². The fraction of sp³-hybridized carbons (Fsp3) is 0.583. The molecule has 0 aliphatic carbocycles. The molecule has 1 fully saturated rings. The Bertz CT molecular complexity index is 409. The Morgan fingerprint density at radius 2 is 2.12 bits per heavy atom. The summed E-state index contributed by atoms with van der Waals surface area (Å²) >= 11 is 0. The Hall–Kier alpha value is -1.07. The molecule has 2 rings (SSSR count). The first-order valence-electron chi connectivity index (χ1n) is 5.87. The second-order valence-electron chi connectivity index (χ2n) is 5.17. The fourth-order valence-corrected chi connectivity index (χ4v) is 1.72. The summed E-state index contributed by atoms with van der Waals surface area (Å²) in [5.74, 6) is 0.909. The molecule has 0 N–H and O–H groups in total. The van der Waals surface area contributed by atoms with Crippen molar-refractivity contribution in [2.45, 2.75) is 32.5 Å². The molecular weight excluding hydrogens is 215 g/mol. The van der Waals surface area contributed by atoms with E-state index in [1.165, 1.54) is 0 Å². The lowest BCUT2D eigenvalue weighted by Gasteiger charge is -2.21. The van der Waals surface area contributed by atoms with Crippen LogP contribution < -0.4 is 10.4 Å². The van der Waals surface area contributed by atoms with E-state index in [4.69, 9.17) is 9.31 Å². The van der Waals surface area contributed by atoms with Crippen molar-refractivity contribution in [3.63, 3.8) is 0 Å². The van der Waals surface area contributed by atoms with Gasteiger partial charge in [-0.2, -0.15) is 0 Å². The summed E-state index contributed by atoms with van der Waals surface area (Å²) < 4.78 is 11.7. The van der Waals surface area contributed by atoms with E-state index in [0.29, 0.717) is 0 Å². The number of aromatic nitrogens is 1. The summed E-state index contributed by atoms with van der Waals surface area (Å²) in [6.07, 6.45) is 1.87. The van der Waals surface area contributed by atoms with Gasteiger partial charge in [0, 0.05) is 20.3 Å². The highest BCUT2D eigenvalue weighted by Crippen LogP contribution is 2.26. The smallest absolute Gasteiger partial charge is 0.402 e. The second-order valence-corrected chi connectivity index (χ2v) is 5.17. The standard InChI is InChI=1S/C12H19BN2O2/c1-9-12(2,3)17-13(16-9)10-6-7-14-11(8-10)15(4)5/h6-9H,1-5H3. The Morgan fingerprint density at radius 3 is 2.65 bits per heavy atom. The molecule has 2 heterocycles. The first kappa shape index (κ1) is 12.4. The fourth-order valence-electron chi connectivity index (χ4n) is 1.72. The molecule has 1 atom stereocenters. The van der Waals surface area contributed by atoms with Crippen molar-refractivity contribution in [3.8, 4) is 0 Å². The molecule has 0 spiro atoms. The monoisotopic (exact) mass is 234 g/mol. The second kappa shape index (κ2) is 4.31. The number of pyridine rings is 1. The van der Waals surface area contributed by atoms with Gasteiger partial charge >= 0.3 is 7.12 Å². The Balaban J connectivity index is 2.22. The number of hydrogen-bond donors (Lipinski definition) is 0. The molecule has 0 radical (unpaired) electrons.